The maximum Gasteiger partial charge on any atom is 0.138 e. The van der Waals surface area contributed by atoms with E-state index in [1.165, 1.54) is 6.20 Å². The molecular weight excluding hydrogens is 208 g/mol. The summed E-state index contributed by atoms with van der Waals surface area (Å²) in [5.74, 6) is 0.0646. The van der Waals surface area contributed by atoms with Crippen LogP contribution in [0.25, 0.3) is 0 Å². The first kappa shape index (κ1) is 8.02. The molecule has 1 N–H and O–H groups in total. The molecule has 1 aromatic rings. The molecule has 0 spiro atoms. The maximum absolute atomic E-state index is 9.13. The number of rotatable bonds is 1. The number of pyridine rings is 1. The predicted octanol–water partition coefficient (Wildman–Crippen LogP) is 1.62. The van der Waals surface area contributed by atoms with E-state index in [1.807, 2.05) is 6.07 Å². The highest BCUT2D eigenvalue weighted by Gasteiger charge is 2.00. The van der Waals surface area contributed by atoms with Gasteiger partial charge in [-0.05, 0) is 22.0 Å². The fourth-order valence-electron chi connectivity index (χ4n) is 0.687. The zero-order valence-electron chi connectivity index (χ0n) is 5.58. The van der Waals surface area contributed by atoms with Gasteiger partial charge < -0.3 is 5.11 Å². The van der Waals surface area contributed by atoms with Crippen molar-refractivity contribution in [3.63, 3.8) is 0 Å². The van der Waals surface area contributed by atoms with Crippen molar-refractivity contribution in [3.05, 3.63) is 22.4 Å². The van der Waals surface area contributed by atoms with Gasteiger partial charge in [-0.25, -0.2) is 4.98 Å². The normalized spacial score (nSPS) is 9.09. The maximum atomic E-state index is 9.13. The van der Waals surface area contributed by atoms with Crippen LogP contribution in [-0.4, -0.2) is 10.1 Å². The minimum atomic E-state index is 0.0646. The third kappa shape index (κ3) is 1.92. The van der Waals surface area contributed by atoms with Crippen LogP contribution in [0.4, 0.5) is 0 Å². The molecule has 11 heavy (non-hydrogen) atoms. The van der Waals surface area contributed by atoms with E-state index in [1.54, 1.807) is 6.07 Å². The molecule has 0 aliphatic heterocycles. The molecule has 0 aliphatic rings. The second-order valence-corrected chi connectivity index (χ2v) is 2.78. The second kappa shape index (κ2) is 3.35. The number of nitrogens with zero attached hydrogens (tertiary/aromatic N) is 2. The summed E-state index contributed by atoms with van der Waals surface area (Å²) >= 11 is 3.13. The Morgan fingerprint density at radius 1 is 1.73 bits per heavy atom. The van der Waals surface area contributed by atoms with E-state index in [4.69, 9.17) is 10.4 Å². The van der Waals surface area contributed by atoms with E-state index in [9.17, 15) is 0 Å². The van der Waals surface area contributed by atoms with Crippen molar-refractivity contribution in [2.24, 2.45) is 0 Å². The number of hydrogen-bond donors (Lipinski definition) is 1. The van der Waals surface area contributed by atoms with Crippen molar-refractivity contribution in [3.8, 4) is 11.8 Å². The molecule has 0 aliphatic carbocycles. The Hall–Kier alpha value is -1.08. The molecule has 1 rings (SSSR count). The van der Waals surface area contributed by atoms with E-state index in [-0.39, 0.29) is 12.2 Å². The molecule has 0 aromatic carbocycles. The summed E-state index contributed by atoms with van der Waals surface area (Å²) in [7, 11) is 0. The first-order valence-corrected chi connectivity index (χ1v) is 3.73. The Kier molecular flexibility index (Phi) is 2.44. The minimum Gasteiger partial charge on any atom is -0.506 e. The van der Waals surface area contributed by atoms with Crippen molar-refractivity contribution in [1.29, 1.82) is 5.26 Å². The van der Waals surface area contributed by atoms with Crippen LogP contribution < -0.4 is 0 Å². The Labute approximate surface area is 72.4 Å². The molecule has 56 valence electrons. The number of hydrogen-bond acceptors (Lipinski definition) is 3. The van der Waals surface area contributed by atoms with E-state index >= 15 is 0 Å². The molecule has 1 heterocycles. The standard InChI is InChI=1S/C7H5BrN2O/c8-7-3-5(1-2-9)6(11)4-10-7/h3-4,11H,1H2. The highest BCUT2D eigenvalue weighted by Crippen LogP contribution is 2.18. The van der Waals surface area contributed by atoms with Crippen LogP contribution in [0.1, 0.15) is 5.56 Å². The summed E-state index contributed by atoms with van der Waals surface area (Å²) in [6.45, 7) is 0. The molecule has 0 amide bonds. The number of halogens is 1. The number of nitriles is 1. The molecule has 4 heteroatoms. The highest BCUT2D eigenvalue weighted by molar-refractivity contribution is 9.10. The van der Waals surface area contributed by atoms with Crippen LogP contribution in [-0.2, 0) is 6.42 Å². The summed E-state index contributed by atoms with van der Waals surface area (Å²) in [5, 5.41) is 17.5. The van der Waals surface area contributed by atoms with Crippen LogP contribution in [0.2, 0.25) is 0 Å². The molecule has 0 unspecified atom stereocenters. The molecule has 3 nitrogen and oxygen atoms in total. The van der Waals surface area contributed by atoms with Gasteiger partial charge >= 0.3 is 0 Å². The van der Waals surface area contributed by atoms with Crippen LogP contribution in [0.5, 0.6) is 5.75 Å². The van der Waals surface area contributed by atoms with E-state index in [2.05, 4.69) is 20.9 Å². The van der Waals surface area contributed by atoms with Crippen molar-refractivity contribution in [2.75, 3.05) is 0 Å². The Bertz CT molecular complexity index is 306. The molecule has 0 atom stereocenters. The lowest BCUT2D eigenvalue weighted by Crippen LogP contribution is -1.84. The SMILES string of the molecule is N#CCc1cc(Br)ncc1O. The largest absolute Gasteiger partial charge is 0.506 e. The van der Waals surface area contributed by atoms with Gasteiger partial charge in [0.2, 0.25) is 0 Å². The summed E-state index contributed by atoms with van der Waals surface area (Å²) in [5.41, 5.74) is 0.592. The van der Waals surface area contributed by atoms with Crippen molar-refractivity contribution in [1.82, 2.24) is 4.98 Å². The summed E-state index contributed by atoms with van der Waals surface area (Å²) in [4.78, 5) is 3.78. The van der Waals surface area contributed by atoms with Gasteiger partial charge in [0.25, 0.3) is 0 Å². The first-order valence-electron chi connectivity index (χ1n) is 2.94. The Balaban J connectivity index is 3.05. The van der Waals surface area contributed by atoms with Crippen LogP contribution >= 0.6 is 15.9 Å². The smallest absolute Gasteiger partial charge is 0.138 e. The van der Waals surface area contributed by atoms with Crippen LogP contribution in [0, 0.1) is 11.3 Å². The fraction of sp³-hybridized carbons (Fsp3) is 0.143. The zero-order valence-corrected chi connectivity index (χ0v) is 7.17. The van der Waals surface area contributed by atoms with Gasteiger partial charge in [-0.1, -0.05) is 0 Å². The lowest BCUT2D eigenvalue weighted by molar-refractivity contribution is 0.467. The summed E-state index contributed by atoms with van der Waals surface area (Å²) in [6, 6.07) is 3.57. The van der Waals surface area contributed by atoms with Gasteiger partial charge in [-0.15, -0.1) is 0 Å². The highest BCUT2D eigenvalue weighted by atomic mass is 79.9. The average Bonchev–Trinajstić information content (AvgIpc) is 1.98. The molecule has 1 aromatic heterocycles. The molecule has 0 bridgehead atoms. The van der Waals surface area contributed by atoms with Gasteiger partial charge in [-0.3, -0.25) is 0 Å². The van der Waals surface area contributed by atoms with Gasteiger partial charge in [0.05, 0.1) is 18.7 Å². The molecular formula is C7H5BrN2O. The lowest BCUT2D eigenvalue weighted by atomic mass is 10.2. The molecule has 0 fully saturated rings. The van der Waals surface area contributed by atoms with Crippen molar-refractivity contribution in [2.45, 2.75) is 6.42 Å². The van der Waals surface area contributed by atoms with E-state index in [0.29, 0.717) is 10.2 Å². The number of aromatic hydroxyl groups is 1. The third-order valence-electron chi connectivity index (χ3n) is 1.20. The number of aromatic nitrogens is 1. The first-order chi connectivity index (χ1) is 5.24. The summed E-state index contributed by atoms with van der Waals surface area (Å²) < 4.78 is 0.626. The molecule has 0 saturated heterocycles. The topological polar surface area (TPSA) is 56.9 Å². The third-order valence-corrected chi connectivity index (χ3v) is 1.64. The molecule has 0 saturated carbocycles. The van der Waals surface area contributed by atoms with Gasteiger partial charge in [0, 0.05) is 5.56 Å². The van der Waals surface area contributed by atoms with E-state index < -0.39 is 0 Å². The minimum absolute atomic E-state index is 0.0646. The molecule has 0 radical (unpaired) electrons. The van der Waals surface area contributed by atoms with Crippen molar-refractivity contribution < 1.29 is 5.11 Å². The predicted molar refractivity (Wildman–Crippen MR) is 42.9 cm³/mol. The van der Waals surface area contributed by atoms with Crippen LogP contribution in [0.3, 0.4) is 0 Å². The van der Waals surface area contributed by atoms with Crippen LogP contribution in [0.15, 0.2) is 16.9 Å². The second-order valence-electron chi connectivity index (χ2n) is 1.97. The van der Waals surface area contributed by atoms with Crippen molar-refractivity contribution >= 4 is 15.9 Å². The monoisotopic (exact) mass is 212 g/mol. The zero-order chi connectivity index (χ0) is 8.27. The lowest BCUT2D eigenvalue weighted by Gasteiger charge is -1.97. The van der Waals surface area contributed by atoms with Gasteiger partial charge in [-0.2, -0.15) is 5.26 Å². The Morgan fingerprint density at radius 2 is 2.45 bits per heavy atom. The van der Waals surface area contributed by atoms with Gasteiger partial charge in [0.1, 0.15) is 10.4 Å². The van der Waals surface area contributed by atoms with E-state index in [0.717, 1.165) is 0 Å². The van der Waals surface area contributed by atoms with Gasteiger partial charge in [0.15, 0.2) is 0 Å². The summed E-state index contributed by atoms with van der Waals surface area (Å²) in [6.07, 6.45) is 1.52. The Morgan fingerprint density at radius 3 is 3.09 bits per heavy atom. The fourth-order valence-corrected chi connectivity index (χ4v) is 1.07. The quantitative estimate of drug-likeness (QED) is 0.721. The average molecular weight is 213 g/mol.